The average Bonchev–Trinajstić information content (AvgIpc) is 2.55. The van der Waals surface area contributed by atoms with Crippen LogP contribution in [0, 0.1) is 0 Å². The lowest BCUT2D eigenvalue weighted by Gasteiger charge is -2.40. The number of ether oxygens (including phenoxy) is 1. The number of hydrogen-bond donors (Lipinski definition) is 2. The minimum absolute atomic E-state index is 0.137. The Labute approximate surface area is 140 Å². The van der Waals surface area contributed by atoms with Gasteiger partial charge in [0.1, 0.15) is 0 Å². The summed E-state index contributed by atoms with van der Waals surface area (Å²) in [6.45, 7) is 4.32. The first-order chi connectivity index (χ1) is 11.4. The zero-order chi connectivity index (χ0) is 17.7. The molecule has 0 saturated carbocycles. The maximum absolute atomic E-state index is 11.6. The van der Waals surface area contributed by atoms with Gasteiger partial charge in [0, 0.05) is 31.4 Å². The summed E-state index contributed by atoms with van der Waals surface area (Å²) in [6.07, 6.45) is 0. The third kappa shape index (κ3) is 4.45. The van der Waals surface area contributed by atoms with Crippen LogP contribution in [-0.4, -0.2) is 62.1 Å². The predicted molar refractivity (Wildman–Crippen MR) is 88.8 cm³/mol. The first kappa shape index (κ1) is 17.7. The minimum Gasteiger partial charge on any atom is -0.465 e. The summed E-state index contributed by atoms with van der Waals surface area (Å²) < 4.78 is 4.69. The Morgan fingerprint density at radius 3 is 2.46 bits per heavy atom. The summed E-state index contributed by atoms with van der Waals surface area (Å²) in [6, 6.07) is 6.54. The maximum atomic E-state index is 11.6. The van der Waals surface area contributed by atoms with Gasteiger partial charge in [0.15, 0.2) is 0 Å². The Kier molecular flexibility index (Phi) is 5.75. The fourth-order valence-electron chi connectivity index (χ4n) is 2.75. The molecular weight excluding hydrogens is 312 g/mol. The van der Waals surface area contributed by atoms with Gasteiger partial charge in [0.2, 0.25) is 5.91 Å². The summed E-state index contributed by atoms with van der Waals surface area (Å²) in [5.74, 6) is -0.759. The number of urea groups is 1. The van der Waals surface area contributed by atoms with Crippen LogP contribution in [0.25, 0.3) is 0 Å². The van der Waals surface area contributed by atoms with Gasteiger partial charge in [-0.25, -0.2) is 9.59 Å². The Hall–Kier alpha value is -2.61. The van der Waals surface area contributed by atoms with Gasteiger partial charge >= 0.3 is 12.0 Å². The van der Waals surface area contributed by atoms with Crippen LogP contribution in [0.4, 0.5) is 10.5 Å². The van der Waals surface area contributed by atoms with Crippen molar-refractivity contribution in [1.82, 2.24) is 10.2 Å². The molecule has 0 spiro atoms. The average molecular weight is 334 g/mol. The second kappa shape index (κ2) is 7.78. The van der Waals surface area contributed by atoms with Gasteiger partial charge in [0.25, 0.3) is 0 Å². The fourth-order valence-corrected chi connectivity index (χ4v) is 2.75. The normalized spacial score (nSPS) is 18.1. The van der Waals surface area contributed by atoms with E-state index in [1.54, 1.807) is 12.1 Å². The highest BCUT2D eigenvalue weighted by molar-refractivity contribution is 5.94. The molecule has 8 nitrogen and oxygen atoms in total. The van der Waals surface area contributed by atoms with E-state index in [1.165, 1.54) is 7.11 Å². The molecule has 24 heavy (non-hydrogen) atoms. The van der Waals surface area contributed by atoms with E-state index in [1.807, 2.05) is 24.0 Å². The van der Waals surface area contributed by atoms with Crippen LogP contribution in [0.15, 0.2) is 24.3 Å². The number of nitrogens with zero attached hydrogens (tertiary/aromatic N) is 2. The molecule has 1 aromatic carbocycles. The highest BCUT2D eigenvalue weighted by Gasteiger charge is 2.25. The van der Waals surface area contributed by atoms with Crippen molar-refractivity contribution in [3.05, 3.63) is 29.8 Å². The Morgan fingerprint density at radius 1 is 1.25 bits per heavy atom. The van der Waals surface area contributed by atoms with E-state index in [0.717, 1.165) is 18.8 Å². The third-order valence-electron chi connectivity index (χ3n) is 4.03. The van der Waals surface area contributed by atoms with Crippen molar-refractivity contribution in [1.29, 1.82) is 0 Å². The van der Waals surface area contributed by atoms with E-state index < -0.39 is 11.9 Å². The summed E-state index contributed by atoms with van der Waals surface area (Å²) in [5.41, 5.74) is 6.46. The molecule has 1 aromatic rings. The summed E-state index contributed by atoms with van der Waals surface area (Å²) in [4.78, 5) is 38.0. The van der Waals surface area contributed by atoms with Gasteiger partial charge in [-0.1, -0.05) is 0 Å². The van der Waals surface area contributed by atoms with Gasteiger partial charge in [-0.3, -0.25) is 15.0 Å². The van der Waals surface area contributed by atoms with Crippen LogP contribution in [0.2, 0.25) is 0 Å². The number of nitrogens with two attached hydrogens (primary N) is 1. The molecule has 3 N–H and O–H groups in total. The Balaban J connectivity index is 1.94. The van der Waals surface area contributed by atoms with Crippen molar-refractivity contribution >= 4 is 23.6 Å². The third-order valence-corrected chi connectivity index (χ3v) is 4.03. The molecule has 0 aliphatic carbocycles. The summed E-state index contributed by atoms with van der Waals surface area (Å²) in [7, 11) is 1.35. The lowest BCUT2D eigenvalue weighted by molar-refractivity contribution is -0.121. The number of carbonyl (C=O) groups excluding carboxylic acids is 3. The molecule has 8 heteroatoms. The van der Waals surface area contributed by atoms with Crippen LogP contribution in [0.5, 0.6) is 0 Å². The smallest absolute Gasteiger partial charge is 0.337 e. The van der Waals surface area contributed by atoms with Crippen molar-refractivity contribution in [2.24, 2.45) is 5.73 Å². The molecule has 1 aliphatic heterocycles. The van der Waals surface area contributed by atoms with E-state index in [2.05, 4.69) is 15.0 Å². The van der Waals surface area contributed by atoms with Crippen molar-refractivity contribution in [2.75, 3.05) is 38.2 Å². The lowest BCUT2D eigenvalue weighted by Crippen LogP contribution is -2.55. The largest absolute Gasteiger partial charge is 0.465 e. The van der Waals surface area contributed by atoms with Crippen molar-refractivity contribution in [3.63, 3.8) is 0 Å². The van der Waals surface area contributed by atoms with Crippen LogP contribution in [-0.2, 0) is 9.53 Å². The number of carbonyl (C=O) groups is 3. The molecule has 1 saturated heterocycles. The predicted octanol–water partition coefficient (Wildman–Crippen LogP) is 0.179. The zero-order valence-corrected chi connectivity index (χ0v) is 13.8. The molecule has 130 valence electrons. The van der Waals surface area contributed by atoms with Crippen LogP contribution >= 0.6 is 0 Å². The SMILES string of the molecule is COC(=O)c1ccc(N2CCN(CC(=O)NC(N)=O)[C@H](C)C2)cc1. The number of nitrogens with one attached hydrogen (secondary N) is 1. The van der Waals surface area contributed by atoms with Crippen molar-refractivity contribution in [2.45, 2.75) is 13.0 Å². The van der Waals surface area contributed by atoms with Crippen molar-refractivity contribution in [3.8, 4) is 0 Å². The molecule has 0 aromatic heterocycles. The number of esters is 1. The van der Waals surface area contributed by atoms with E-state index >= 15 is 0 Å². The summed E-state index contributed by atoms with van der Waals surface area (Å²) in [5, 5.41) is 2.08. The van der Waals surface area contributed by atoms with Gasteiger partial charge in [0.05, 0.1) is 19.2 Å². The monoisotopic (exact) mass is 334 g/mol. The molecule has 1 atom stereocenters. The second-order valence-electron chi connectivity index (χ2n) is 5.72. The number of piperazine rings is 1. The number of methoxy groups -OCH3 is 1. The molecule has 0 bridgehead atoms. The van der Waals surface area contributed by atoms with Gasteiger partial charge in [-0.15, -0.1) is 0 Å². The van der Waals surface area contributed by atoms with Gasteiger partial charge in [-0.2, -0.15) is 0 Å². The molecule has 2 rings (SSSR count). The molecule has 1 fully saturated rings. The van der Waals surface area contributed by atoms with E-state index in [0.29, 0.717) is 12.1 Å². The number of hydrogen-bond acceptors (Lipinski definition) is 6. The summed E-state index contributed by atoms with van der Waals surface area (Å²) >= 11 is 0. The van der Waals surface area contributed by atoms with Gasteiger partial charge in [-0.05, 0) is 31.2 Å². The lowest BCUT2D eigenvalue weighted by atomic mass is 10.1. The number of primary amides is 1. The highest BCUT2D eigenvalue weighted by Crippen LogP contribution is 2.20. The maximum Gasteiger partial charge on any atom is 0.337 e. The number of anilines is 1. The molecule has 0 unspecified atom stereocenters. The molecule has 1 aliphatic rings. The molecule has 0 radical (unpaired) electrons. The zero-order valence-electron chi connectivity index (χ0n) is 13.8. The molecular formula is C16H22N4O4. The van der Waals surface area contributed by atoms with E-state index in [9.17, 15) is 14.4 Å². The van der Waals surface area contributed by atoms with E-state index in [4.69, 9.17) is 5.73 Å². The number of benzene rings is 1. The van der Waals surface area contributed by atoms with Crippen LogP contribution < -0.4 is 16.0 Å². The number of amides is 3. The van der Waals surface area contributed by atoms with Crippen LogP contribution in [0.3, 0.4) is 0 Å². The molecule has 1 heterocycles. The Bertz CT molecular complexity index is 617. The van der Waals surface area contributed by atoms with Gasteiger partial charge < -0.3 is 15.4 Å². The van der Waals surface area contributed by atoms with Crippen LogP contribution in [0.1, 0.15) is 17.3 Å². The fraction of sp³-hybridized carbons (Fsp3) is 0.438. The topological polar surface area (TPSA) is 105 Å². The molecule has 3 amide bonds. The van der Waals surface area contributed by atoms with Crippen molar-refractivity contribution < 1.29 is 19.1 Å². The number of rotatable bonds is 4. The first-order valence-electron chi connectivity index (χ1n) is 7.67. The quantitative estimate of drug-likeness (QED) is 0.761. The second-order valence-corrected chi connectivity index (χ2v) is 5.72. The standard InChI is InChI=1S/C16H22N4O4/c1-11-9-20(8-7-19(11)10-14(21)18-16(17)23)13-5-3-12(4-6-13)15(22)24-2/h3-6,11H,7-10H2,1-2H3,(H3,17,18,21,23)/t11-/m1/s1. The van der Waals surface area contributed by atoms with E-state index in [-0.39, 0.29) is 18.6 Å². The number of imide groups is 1. The minimum atomic E-state index is -0.836. The first-order valence-corrected chi connectivity index (χ1v) is 7.67. The highest BCUT2D eigenvalue weighted by atomic mass is 16.5. The Morgan fingerprint density at radius 2 is 1.92 bits per heavy atom.